The molecular weight excluding hydrogens is 264 g/mol. The molecule has 1 heterocycles. The van der Waals surface area contributed by atoms with Crippen molar-refractivity contribution in [2.75, 3.05) is 39.8 Å². The number of guanidine groups is 1. The predicted molar refractivity (Wildman–Crippen MR) is 86.9 cm³/mol. The van der Waals surface area contributed by atoms with Gasteiger partial charge in [0.25, 0.3) is 0 Å². The third kappa shape index (κ3) is 5.63. The van der Waals surface area contributed by atoms with Crippen LogP contribution in [0.25, 0.3) is 0 Å². The molecule has 1 aromatic rings. The predicted octanol–water partition coefficient (Wildman–Crippen LogP) is 1.24. The maximum absolute atomic E-state index is 5.79. The smallest absolute Gasteiger partial charge is 0.188 e. The van der Waals surface area contributed by atoms with E-state index in [0.717, 1.165) is 31.9 Å². The van der Waals surface area contributed by atoms with E-state index in [2.05, 4.69) is 27.3 Å². The van der Waals surface area contributed by atoms with Gasteiger partial charge in [-0.2, -0.15) is 0 Å². The number of nitrogens with one attached hydrogen (secondary N) is 1. The maximum Gasteiger partial charge on any atom is 0.188 e. The summed E-state index contributed by atoms with van der Waals surface area (Å²) in [5.41, 5.74) is 6.85. The summed E-state index contributed by atoms with van der Waals surface area (Å²) < 4.78 is 5.79. The summed E-state index contributed by atoms with van der Waals surface area (Å²) in [7, 11) is 1.68. The molecule has 1 fully saturated rings. The van der Waals surface area contributed by atoms with Crippen LogP contribution in [0.15, 0.2) is 29.3 Å². The Labute approximate surface area is 127 Å². The normalized spacial score (nSPS) is 16.1. The fraction of sp³-hybridized carbons (Fsp3) is 0.562. The molecule has 3 N–H and O–H groups in total. The van der Waals surface area contributed by atoms with E-state index in [-0.39, 0.29) is 0 Å². The van der Waals surface area contributed by atoms with Crippen molar-refractivity contribution < 1.29 is 4.74 Å². The number of hydrogen-bond donors (Lipinski definition) is 2. The Balaban J connectivity index is 1.66. The van der Waals surface area contributed by atoms with Gasteiger partial charge in [0.1, 0.15) is 12.4 Å². The lowest BCUT2D eigenvalue weighted by Crippen LogP contribution is -2.32. The van der Waals surface area contributed by atoms with Crippen LogP contribution in [-0.4, -0.2) is 50.7 Å². The average molecular weight is 290 g/mol. The molecule has 0 bridgehead atoms. The van der Waals surface area contributed by atoms with Crippen LogP contribution in [0.1, 0.15) is 18.4 Å². The number of benzene rings is 1. The summed E-state index contributed by atoms with van der Waals surface area (Å²) in [6.45, 7) is 5.03. The lowest BCUT2D eigenvalue weighted by molar-refractivity contribution is 0.238. The highest BCUT2D eigenvalue weighted by Gasteiger charge is 2.10. The Kier molecular flexibility index (Phi) is 6.34. The van der Waals surface area contributed by atoms with Gasteiger partial charge in [0, 0.05) is 20.1 Å². The van der Waals surface area contributed by atoms with Crippen molar-refractivity contribution in [3.8, 4) is 5.75 Å². The van der Waals surface area contributed by atoms with Crippen LogP contribution in [0.5, 0.6) is 5.75 Å². The molecular formula is C16H26N4O. The van der Waals surface area contributed by atoms with Crippen molar-refractivity contribution in [2.24, 2.45) is 10.7 Å². The van der Waals surface area contributed by atoms with Crippen molar-refractivity contribution in [1.82, 2.24) is 10.2 Å². The Morgan fingerprint density at radius 3 is 2.67 bits per heavy atom. The molecule has 0 spiro atoms. The second-order valence-corrected chi connectivity index (χ2v) is 5.33. The van der Waals surface area contributed by atoms with Gasteiger partial charge in [-0.3, -0.25) is 9.89 Å². The first kappa shape index (κ1) is 15.6. The van der Waals surface area contributed by atoms with Crippen LogP contribution in [-0.2, 0) is 6.42 Å². The molecule has 0 amide bonds. The molecule has 1 aliphatic heterocycles. The van der Waals surface area contributed by atoms with E-state index in [1.165, 1.54) is 31.5 Å². The van der Waals surface area contributed by atoms with Crippen molar-refractivity contribution in [1.29, 1.82) is 0 Å². The molecule has 1 saturated heterocycles. The van der Waals surface area contributed by atoms with Gasteiger partial charge in [-0.15, -0.1) is 0 Å². The van der Waals surface area contributed by atoms with Crippen LogP contribution in [0.2, 0.25) is 0 Å². The van der Waals surface area contributed by atoms with Crippen molar-refractivity contribution in [2.45, 2.75) is 19.3 Å². The molecule has 0 saturated carbocycles. The third-order valence-electron chi connectivity index (χ3n) is 3.76. The zero-order valence-corrected chi connectivity index (χ0v) is 12.8. The van der Waals surface area contributed by atoms with Crippen LogP contribution < -0.4 is 15.8 Å². The van der Waals surface area contributed by atoms with E-state index >= 15 is 0 Å². The van der Waals surface area contributed by atoms with Crippen LogP contribution in [0.3, 0.4) is 0 Å². The molecule has 0 aliphatic carbocycles. The lowest BCUT2D eigenvalue weighted by Gasteiger charge is -2.15. The minimum absolute atomic E-state index is 0.483. The molecule has 1 aromatic carbocycles. The molecule has 0 atom stereocenters. The monoisotopic (exact) mass is 290 g/mol. The highest BCUT2D eigenvalue weighted by Crippen LogP contribution is 2.13. The Morgan fingerprint density at radius 2 is 2.00 bits per heavy atom. The number of likely N-dealkylation sites (tertiary alicyclic amines) is 1. The van der Waals surface area contributed by atoms with E-state index < -0.39 is 0 Å². The zero-order chi connectivity index (χ0) is 14.9. The molecule has 0 unspecified atom stereocenters. The SMILES string of the molecule is CN=C(N)NCCc1ccc(OCCN2CCCC2)cc1. The number of aliphatic imine (C=N–C) groups is 1. The van der Waals surface area contributed by atoms with Gasteiger partial charge in [0.2, 0.25) is 0 Å². The number of hydrogen-bond acceptors (Lipinski definition) is 3. The first-order chi connectivity index (χ1) is 10.3. The molecule has 5 heteroatoms. The number of rotatable bonds is 7. The third-order valence-corrected chi connectivity index (χ3v) is 3.76. The quantitative estimate of drug-likeness (QED) is 0.586. The van der Waals surface area contributed by atoms with Crippen LogP contribution >= 0.6 is 0 Å². The van der Waals surface area contributed by atoms with E-state index in [4.69, 9.17) is 10.5 Å². The van der Waals surface area contributed by atoms with E-state index in [1.807, 2.05) is 12.1 Å². The molecule has 21 heavy (non-hydrogen) atoms. The highest BCUT2D eigenvalue weighted by atomic mass is 16.5. The minimum Gasteiger partial charge on any atom is -0.492 e. The van der Waals surface area contributed by atoms with Gasteiger partial charge < -0.3 is 15.8 Å². The van der Waals surface area contributed by atoms with E-state index in [0.29, 0.717) is 5.96 Å². The molecule has 0 radical (unpaired) electrons. The zero-order valence-electron chi connectivity index (χ0n) is 12.8. The van der Waals surface area contributed by atoms with Crippen LogP contribution in [0.4, 0.5) is 0 Å². The highest BCUT2D eigenvalue weighted by molar-refractivity contribution is 5.77. The summed E-state index contributed by atoms with van der Waals surface area (Å²) in [6, 6.07) is 8.28. The van der Waals surface area contributed by atoms with Crippen molar-refractivity contribution in [3.63, 3.8) is 0 Å². The summed E-state index contributed by atoms with van der Waals surface area (Å²) in [4.78, 5) is 6.32. The molecule has 5 nitrogen and oxygen atoms in total. The average Bonchev–Trinajstić information content (AvgIpc) is 3.02. The fourth-order valence-electron chi connectivity index (χ4n) is 2.47. The van der Waals surface area contributed by atoms with Crippen molar-refractivity contribution in [3.05, 3.63) is 29.8 Å². The molecule has 1 aliphatic rings. The number of nitrogens with two attached hydrogens (primary N) is 1. The summed E-state index contributed by atoms with van der Waals surface area (Å²) in [5, 5.41) is 3.05. The Morgan fingerprint density at radius 1 is 1.29 bits per heavy atom. The van der Waals surface area contributed by atoms with Gasteiger partial charge in [0.05, 0.1) is 0 Å². The van der Waals surface area contributed by atoms with Gasteiger partial charge >= 0.3 is 0 Å². The Hall–Kier alpha value is -1.75. The second kappa shape index (κ2) is 8.52. The summed E-state index contributed by atoms with van der Waals surface area (Å²) >= 11 is 0. The van der Waals surface area contributed by atoms with Gasteiger partial charge in [0.15, 0.2) is 5.96 Å². The van der Waals surface area contributed by atoms with Gasteiger partial charge in [-0.05, 0) is 50.0 Å². The summed E-state index contributed by atoms with van der Waals surface area (Å²) in [6.07, 6.45) is 3.58. The topological polar surface area (TPSA) is 62.9 Å². The summed E-state index contributed by atoms with van der Waals surface area (Å²) in [5.74, 6) is 1.43. The van der Waals surface area contributed by atoms with Gasteiger partial charge in [-0.1, -0.05) is 12.1 Å². The first-order valence-corrected chi connectivity index (χ1v) is 7.68. The van der Waals surface area contributed by atoms with E-state index in [9.17, 15) is 0 Å². The molecule has 116 valence electrons. The Bertz CT molecular complexity index is 438. The lowest BCUT2D eigenvalue weighted by atomic mass is 10.1. The maximum atomic E-state index is 5.79. The molecule has 2 rings (SSSR count). The first-order valence-electron chi connectivity index (χ1n) is 7.68. The number of nitrogens with zero attached hydrogens (tertiary/aromatic N) is 2. The van der Waals surface area contributed by atoms with Crippen molar-refractivity contribution >= 4 is 5.96 Å². The number of ether oxygens (including phenoxy) is 1. The van der Waals surface area contributed by atoms with Crippen LogP contribution in [0, 0.1) is 0 Å². The van der Waals surface area contributed by atoms with Gasteiger partial charge in [-0.25, -0.2) is 0 Å². The second-order valence-electron chi connectivity index (χ2n) is 5.33. The molecule has 0 aromatic heterocycles. The van der Waals surface area contributed by atoms with E-state index in [1.54, 1.807) is 7.05 Å². The largest absolute Gasteiger partial charge is 0.492 e. The fourth-order valence-corrected chi connectivity index (χ4v) is 2.47. The minimum atomic E-state index is 0.483. The standard InChI is InChI=1S/C16H26N4O/c1-18-16(17)19-9-8-14-4-6-15(7-5-14)21-13-12-20-10-2-3-11-20/h4-7H,2-3,8-13H2,1H3,(H3,17,18,19).